The van der Waals surface area contributed by atoms with Crippen molar-refractivity contribution in [2.75, 3.05) is 11.4 Å². The van der Waals surface area contributed by atoms with E-state index in [0.717, 1.165) is 5.69 Å². The minimum absolute atomic E-state index is 0.231. The lowest BCUT2D eigenvalue weighted by Crippen LogP contribution is -2.41. The molecule has 124 valence electrons. The highest BCUT2D eigenvalue weighted by atomic mass is 35.5. The quantitative estimate of drug-likeness (QED) is 0.747. The van der Waals surface area contributed by atoms with Gasteiger partial charge in [-0.05, 0) is 37.3 Å². The van der Waals surface area contributed by atoms with Crippen molar-refractivity contribution in [3.8, 4) is 11.8 Å². The third-order valence-electron chi connectivity index (χ3n) is 3.33. The molecular formula is C18H16Cl2N2O2. The molecule has 0 saturated heterocycles. The standard InChI is InChI=1S/C18H16Cl2N2O2/c1-13(24-17-9-8-14(19)12-16(17)20)18(23)22(11-5-10-21)15-6-3-2-4-7-15/h2-4,6-9,12-13H,5,11H2,1H3/t13-/m1/s1. The van der Waals surface area contributed by atoms with Gasteiger partial charge in [0.05, 0.1) is 17.5 Å². The Morgan fingerprint density at radius 2 is 1.96 bits per heavy atom. The lowest BCUT2D eigenvalue weighted by molar-refractivity contribution is -0.124. The molecule has 0 heterocycles. The van der Waals surface area contributed by atoms with E-state index in [1.807, 2.05) is 30.3 Å². The van der Waals surface area contributed by atoms with Crippen LogP contribution in [0.15, 0.2) is 48.5 Å². The highest BCUT2D eigenvalue weighted by Gasteiger charge is 2.24. The number of nitrogens with zero attached hydrogens (tertiary/aromatic N) is 2. The molecule has 1 amide bonds. The number of benzene rings is 2. The van der Waals surface area contributed by atoms with E-state index < -0.39 is 6.10 Å². The zero-order chi connectivity index (χ0) is 17.5. The number of halogens is 2. The van der Waals surface area contributed by atoms with E-state index in [1.54, 1.807) is 25.1 Å². The number of nitriles is 1. The summed E-state index contributed by atoms with van der Waals surface area (Å²) in [5, 5.41) is 9.66. The van der Waals surface area contributed by atoms with Crippen molar-refractivity contribution in [1.29, 1.82) is 5.26 Å². The molecule has 0 bridgehead atoms. The maximum atomic E-state index is 12.8. The summed E-state index contributed by atoms with van der Waals surface area (Å²) >= 11 is 11.9. The average molecular weight is 363 g/mol. The Balaban J connectivity index is 2.17. The van der Waals surface area contributed by atoms with Crippen molar-refractivity contribution in [2.24, 2.45) is 0 Å². The SMILES string of the molecule is C[C@@H](Oc1ccc(Cl)cc1Cl)C(=O)N(CCC#N)c1ccccc1. The fourth-order valence-electron chi connectivity index (χ4n) is 2.17. The molecule has 0 radical (unpaired) electrons. The number of amides is 1. The van der Waals surface area contributed by atoms with E-state index >= 15 is 0 Å². The predicted octanol–water partition coefficient (Wildman–Crippen LogP) is 4.71. The second-order valence-corrected chi connectivity index (χ2v) is 5.91. The summed E-state index contributed by atoms with van der Waals surface area (Å²) < 4.78 is 5.68. The van der Waals surface area contributed by atoms with Gasteiger partial charge in [-0.3, -0.25) is 4.79 Å². The van der Waals surface area contributed by atoms with Gasteiger partial charge in [0.2, 0.25) is 0 Å². The van der Waals surface area contributed by atoms with Crippen molar-refractivity contribution in [2.45, 2.75) is 19.4 Å². The molecule has 0 aliphatic heterocycles. The molecule has 2 aromatic rings. The third-order valence-corrected chi connectivity index (χ3v) is 3.86. The Kier molecular flexibility index (Phi) is 6.48. The van der Waals surface area contributed by atoms with Crippen LogP contribution in [-0.4, -0.2) is 18.6 Å². The maximum absolute atomic E-state index is 12.8. The normalized spacial score (nSPS) is 11.4. The van der Waals surface area contributed by atoms with E-state index in [-0.39, 0.29) is 12.3 Å². The molecule has 0 aliphatic rings. The van der Waals surface area contributed by atoms with Crippen molar-refractivity contribution in [1.82, 2.24) is 0 Å². The molecule has 2 rings (SSSR count). The van der Waals surface area contributed by atoms with Gasteiger partial charge in [0, 0.05) is 17.3 Å². The molecule has 1 atom stereocenters. The number of hydrogen-bond acceptors (Lipinski definition) is 3. The van der Waals surface area contributed by atoms with E-state index in [4.69, 9.17) is 33.2 Å². The Morgan fingerprint density at radius 1 is 1.25 bits per heavy atom. The van der Waals surface area contributed by atoms with Gasteiger partial charge in [-0.25, -0.2) is 0 Å². The summed E-state index contributed by atoms with van der Waals surface area (Å²) in [6.07, 6.45) is -0.530. The van der Waals surface area contributed by atoms with Crippen molar-refractivity contribution >= 4 is 34.8 Å². The number of carbonyl (C=O) groups excluding carboxylic acids is 1. The summed E-state index contributed by atoms with van der Waals surface area (Å²) in [7, 11) is 0. The minimum atomic E-state index is -0.762. The molecule has 0 N–H and O–H groups in total. The molecule has 24 heavy (non-hydrogen) atoms. The van der Waals surface area contributed by atoms with Gasteiger partial charge in [0.15, 0.2) is 6.10 Å². The first-order valence-corrected chi connectivity index (χ1v) is 8.13. The number of ether oxygens (including phenoxy) is 1. The summed E-state index contributed by atoms with van der Waals surface area (Å²) in [5.41, 5.74) is 0.718. The summed E-state index contributed by atoms with van der Waals surface area (Å²) in [6.45, 7) is 1.94. The monoisotopic (exact) mass is 362 g/mol. The molecule has 0 aliphatic carbocycles. The fraction of sp³-hybridized carbons (Fsp3) is 0.222. The number of para-hydroxylation sites is 1. The van der Waals surface area contributed by atoms with Gasteiger partial charge in [-0.2, -0.15) is 5.26 Å². The summed E-state index contributed by atoms with van der Waals surface area (Å²) in [4.78, 5) is 14.3. The molecule has 0 fully saturated rings. The van der Waals surface area contributed by atoms with E-state index in [0.29, 0.717) is 22.3 Å². The fourth-order valence-corrected chi connectivity index (χ4v) is 2.62. The van der Waals surface area contributed by atoms with Crippen LogP contribution in [-0.2, 0) is 4.79 Å². The van der Waals surface area contributed by atoms with Gasteiger partial charge in [0.25, 0.3) is 5.91 Å². The second kappa shape index (κ2) is 8.58. The molecule has 0 spiro atoms. The molecule has 0 unspecified atom stereocenters. The van der Waals surface area contributed by atoms with Crippen LogP contribution >= 0.6 is 23.2 Å². The van der Waals surface area contributed by atoms with Crippen molar-refractivity contribution < 1.29 is 9.53 Å². The number of anilines is 1. The van der Waals surface area contributed by atoms with Gasteiger partial charge in [0.1, 0.15) is 5.75 Å². The Hall–Kier alpha value is -2.22. The summed E-state index contributed by atoms with van der Waals surface area (Å²) in [5.74, 6) is 0.137. The van der Waals surface area contributed by atoms with Crippen LogP contribution in [0, 0.1) is 11.3 Å². The maximum Gasteiger partial charge on any atom is 0.267 e. The highest BCUT2D eigenvalue weighted by Crippen LogP contribution is 2.28. The van der Waals surface area contributed by atoms with Crippen molar-refractivity contribution in [3.63, 3.8) is 0 Å². The molecular weight excluding hydrogens is 347 g/mol. The second-order valence-electron chi connectivity index (χ2n) is 5.07. The first kappa shape index (κ1) is 18.1. The zero-order valence-corrected chi connectivity index (χ0v) is 14.6. The predicted molar refractivity (Wildman–Crippen MR) is 95.6 cm³/mol. The lowest BCUT2D eigenvalue weighted by atomic mass is 10.2. The lowest BCUT2D eigenvalue weighted by Gasteiger charge is -2.25. The Bertz CT molecular complexity index is 744. The Morgan fingerprint density at radius 3 is 2.58 bits per heavy atom. The van der Waals surface area contributed by atoms with Crippen LogP contribution in [0.3, 0.4) is 0 Å². The highest BCUT2D eigenvalue weighted by molar-refractivity contribution is 6.35. The van der Waals surface area contributed by atoms with Gasteiger partial charge < -0.3 is 9.64 Å². The third kappa shape index (κ3) is 4.64. The molecule has 4 nitrogen and oxygen atoms in total. The van der Waals surface area contributed by atoms with E-state index in [9.17, 15) is 4.79 Å². The molecule has 0 saturated carbocycles. The van der Waals surface area contributed by atoms with Gasteiger partial charge in [-0.1, -0.05) is 41.4 Å². The zero-order valence-electron chi connectivity index (χ0n) is 13.1. The van der Waals surface area contributed by atoms with Crippen molar-refractivity contribution in [3.05, 3.63) is 58.6 Å². The Labute approximate surface area is 151 Å². The minimum Gasteiger partial charge on any atom is -0.479 e. The van der Waals surface area contributed by atoms with Gasteiger partial charge >= 0.3 is 0 Å². The largest absolute Gasteiger partial charge is 0.479 e. The number of carbonyl (C=O) groups is 1. The van der Waals surface area contributed by atoms with E-state index in [2.05, 4.69) is 6.07 Å². The van der Waals surface area contributed by atoms with Gasteiger partial charge in [-0.15, -0.1) is 0 Å². The molecule has 6 heteroatoms. The van der Waals surface area contributed by atoms with Crippen LogP contribution in [0.25, 0.3) is 0 Å². The van der Waals surface area contributed by atoms with E-state index in [1.165, 1.54) is 4.90 Å². The van der Waals surface area contributed by atoms with Crippen LogP contribution < -0.4 is 9.64 Å². The smallest absolute Gasteiger partial charge is 0.267 e. The molecule has 2 aromatic carbocycles. The topological polar surface area (TPSA) is 53.3 Å². The number of hydrogen-bond donors (Lipinski definition) is 0. The number of rotatable bonds is 6. The van der Waals surface area contributed by atoms with Crippen LogP contribution in [0.2, 0.25) is 10.0 Å². The van der Waals surface area contributed by atoms with Crippen LogP contribution in [0.1, 0.15) is 13.3 Å². The molecule has 0 aromatic heterocycles. The average Bonchev–Trinajstić information content (AvgIpc) is 2.58. The first-order valence-electron chi connectivity index (χ1n) is 7.38. The first-order chi connectivity index (χ1) is 11.5. The van der Waals surface area contributed by atoms with Crippen LogP contribution in [0.4, 0.5) is 5.69 Å². The van der Waals surface area contributed by atoms with Crippen LogP contribution in [0.5, 0.6) is 5.75 Å². The summed E-state index contributed by atoms with van der Waals surface area (Å²) in [6, 6.07) is 16.0.